The highest BCUT2D eigenvalue weighted by molar-refractivity contribution is 5.60. The lowest BCUT2D eigenvalue weighted by atomic mass is 9.97. The van der Waals surface area contributed by atoms with Crippen LogP contribution in [-0.4, -0.2) is 69.2 Å². The number of rotatable bonds is 8. The second-order valence-corrected chi connectivity index (χ2v) is 5.83. The van der Waals surface area contributed by atoms with Gasteiger partial charge in [-0.05, 0) is 0 Å². The second-order valence-electron chi connectivity index (χ2n) is 5.83. The molecule has 0 spiro atoms. The average molecular weight is 286 g/mol. The lowest BCUT2D eigenvalue weighted by Crippen LogP contribution is -2.28. The van der Waals surface area contributed by atoms with Crippen LogP contribution in [-0.2, 0) is 28.4 Å². The summed E-state index contributed by atoms with van der Waals surface area (Å²) in [4.78, 5) is 11.5. The van der Waals surface area contributed by atoms with Crippen LogP contribution in [0, 0.1) is 0 Å². The van der Waals surface area contributed by atoms with E-state index in [4.69, 9.17) is 28.4 Å². The molecule has 4 aliphatic rings. The maximum absolute atomic E-state index is 11.5. The molecule has 20 heavy (non-hydrogen) atoms. The van der Waals surface area contributed by atoms with Crippen LogP contribution >= 0.6 is 0 Å². The summed E-state index contributed by atoms with van der Waals surface area (Å²) < 4.78 is 31.3. The van der Waals surface area contributed by atoms with Gasteiger partial charge >= 0.3 is 6.16 Å². The van der Waals surface area contributed by atoms with Crippen molar-refractivity contribution in [2.24, 2.45) is 0 Å². The molecule has 0 aliphatic carbocycles. The van der Waals surface area contributed by atoms with Gasteiger partial charge in [0, 0.05) is 12.8 Å². The Morgan fingerprint density at radius 3 is 2.40 bits per heavy atom. The van der Waals surface area contributed by atoms with Gasteiger partial charge in [-0.15, -0.1) is 0 Å². The Kier molecular flexibility index (Phi) is 3.10. The largest absolute Gasteiger partial charge is 0.508 e. The first-order chi connectivity index (χ1) is 9.73. The molecule has 0 aromatic carbocycles. The van der Waals surface area contributed by atoms with Crippen LogP contribution in [0.1, 0.15) is 12.8 Å². The molecule has 4 saturated heterocycles. The van der Waals surface area contributed by atoms with Crippen LogP contribution < -0.4 is 0 Å². The Labute approximate surface area is 116 Å². The van der Waals surface area contributed by atoms with E-state index in [1.807, 2.05) is 0 Å². The third-order valence-corrected chi connectivity index (χ3v) is 3.99. The fraction of sp³-hybridized carbons (Fsp3) is 0.923. The van der Waals surface area contributed by atoms with Crippen LogP contribution in [0.2, 0.25) is 0 Å². The van der Waals surface area contributed by atoms with Crippen molar-refractivity contribution in [3.63, 3.8) is 0 Å². The van der Waals surface area contributed by atoms with Gasteiger partial charge in [0.2, 0.25) is 0 Å². The Morgan fingerprint density at radius 2 is 1.75 bits per heavy atom. The van der Waals surface area contributed by atoms with Crippen molar-refractivity contribution in [2.45, 2.75) is 42.9 Å². The number of carbonyl (C=O) groups is 1. The van der Waals surface area contributed by atoms with E-state index in [1.165, 1.54) is 0 Å². The third-order valence-electron chi connectivity index (χ3n) is 3.99. The van der Waals surface area contributed by atoms with Crippen molar-refractivity contribution in [2.75, 3.05) is 33.0 Å². The molecule has 5 atom stereocenters. The Bertz CT molecular complexity index is 388. The summed E-state index contributed by atoms with van der Waals surface area (Å²) in [6.07, 6.45) is 1.66. The molecular weight excluding hydrogens is 268 g/mol. The van der Waals surface area contributed by atoms with Crippen LogP contribution in [0.3, 0.4) is 0 Å². The summed E-state index contributed by atoms with van der Waals surface area (Å²) in [5.41, 5.74) is -0.401. The van der Waals surface area contributed by atoms with Crippen molar-refractivity contribution < 1.29 is 33.2 Å². The highest BCUT2D eigenvalue weighted by Gasteiger charge is 2.61. The Hall–Kier alpha value is -0.890. The molecule has 0 aromatic rings. The topological polar surface area (TPSA) is 85.7 Å². The van der Waals surface area contributed by atoms with E-state index in [9.17, 15) is 4.79 Å². The van der Waals surface area contributed by atoms with Gasteiger partial charge in [-0.1, -0.05) is 0 Å². The zero-order valence-corrected chi connectivity index (χ0v) is 11.1. The van der Waals surface area contributed by atoms with Crippen molar-refractivity contribution in [1.82, 2.24) is 0 Å². The number of ether oxygens (including phenoxy) is 6. The van der Waals surface area contributed by atoms with Crippen molar-refractivity contribution >= 4 is 6.16 Å². The van der Waals surface area contributed by atoms with E-state index >= 15 is 0 Å². The first-order valence-electron chi connectivity index (χ1n) is 7.06. The summed E-state index contributed by atoms with van der Waals surface area (Å²) in [6.45, 7) is 2.70. The summed E-state index contributed by atoms with van der Waals surface area (Å²) in [5, 5.41) is 0. The molecule has 0 saturated carbocycles. The highest BCUT2D eigenvalue weighted by atomic mass is 16.7. The lowest BCUT2D eigenvalue weighted by Gasteiger charge is -2.12. The Balaban J connectivity index is 1.23. The van der Waals surface area contributed by atoms with Gasteiger partial charge in [0.25, 0.3) is 0 Å². The molecule has 7 nitrogen and oxygen atoms in total. The first kappa shape index (κ1) is 12.8. The number of epoxide rings is 4. The van der Waals surface area contributed by atoms with Crippen LogP contribution in [0.15, 0.2) is 0 Å². The van der Waals surface area contributed by atoms with E-state index in [2.05, 4.69) is 0 Å². The standard InChI is InChI=1S/C13H18O7/c14-12(18-6-10-5-17-10)19-7-13(2-9-4-16-9)11(20-13)1-8-3-15-8/h8-11H,1-7H2. The quantitative estimate of drug-likeness (QED) is 0.467. The fourth-order valence-corrected chi connectivity index (χ4v) is 2.44. The van der Waals surface area contributed by atoms with Crippen LogP contribution in [0.4, 0.5) is 4.79 Å². The summed E-state index contributed by atoms with van der Waals surface area (Å²) in [6, 6.07) is 0. The summed E-state index contributed by atoms with van der Waals surface area (Å²) >= 11 is 0. The average Bonchev–Trinajstić information content (AvgIpc) is 3.30. The molecule has 4 heterocycles. The smallest absolute Gasteiger partial charge is 0.431 e. The zero-order chi connectivity index (χ0) is 13.6. The van der Waals surface area contributed by atoms with Crippen LogP contribution in [0.5, 0.6) is 0 Å². The lowest BCUT2D eigenvalue weighted by molar-refractivity contribution is 0.0313. The predicted octanol–water partition coefficient (Wildman–Crippen LogP) is 0.254. The van der Waals surface area contributed by atoms with E-state index in [-0.39, 0.29) is 31.5 Å². The van der Waals surface area contributed by atoms with Crippen LogP contribution in [0.25, 0.3) is 0 Å². The van der Waals surface area contributed by atoms with Crippen molar-refractivity contribution in [3.8, 4) is 0 Å². The predicted molar refractivity (Wildman–Crippen MR) is 63.4 cm³/mol. The van der Waals surface area contributed by atoms with E-state index in [0.717, 1.165) is 26.1 Å². The Morgan fingerprint density at radius 1 is 1.05 bits per heavy atom. The summed E-state index contributed by atoms with van der Waals surface area (Å²) in [7, 11) is 0. The van der Waals surface area contributed by atoms with Gasteiger partial charge in [0.15, 0.2) is 0 Å². The first-order valence-corrected chi connectivity index (χ1v) is 7.06. The second kappa shape index (κ2) is 4.84. The van der Waals surface area contributed by atoms with Crippen molar-refractivity contribution in [1.29, 1.82) is 0 Å². The number of hydrogen-bond donors (Lipinski definition) is 0. The van der Waals surface area contributed by atoms with Gasteiger partial charge in [-0.3, -0.25) is 0 Å². The fourth-order valence-electron chi connectivity index (χ4n) is 2.44. The molecule has 0 N–H and O–H groups in total. The van der Waals surface area contributed by atoms with Gasteiger partial charge in [0.05, 0.1) is 38.1 Å². The maximum atomic E-state index is 11.5. The molecule has 4 aliphatic heterocycles. The van der Waals surface area contributed by atoms with Gasteiger partial charge in [0.1, 0.15) is 24.9 Å². The number of hydrogen-bond acceptors (Lipinski definition) is 7. The molecule has 0 radical (unpaired) electrons. The SMILES string of the molecule is O=C(OCC1CO1)OCC1(CC2CO2)OC1CC1CO1. The minimum absolute atomic E-state index is 0.0494. The van der Waals surface area contributed by atoms with E-state index in [0.29, 0.717) is 12.7 Å². The summed E-state index contributed by atoms with van der Waals surface area (Å²) in [5.74, 6) is 0. The molecule has 7 heteroatoms. The third kappa shape index (κ3) is 3.22. The van der Waals surface area contributed by atoms with Gasteiger partial charge in [-0.25, -0.2) is 4.79 Å². The van der Waals surface area contributed by atoms with E-state index in [1.54, 1.807) is 0 Å². The van der Waals surface area contributed by atoms with Gasteiger partial charge < -0.3 is 28.4 Å². The van der Waals surface area contributed by atoms with Crippen molar-refractivity contribution in [3.05, 3.63) is 0 Å². The molecule has 4 rings (SSSR count). The zero-order valence-electron chi connectivity index (χ0n) is 11.1. The normalized spacial score (nSPS) is 43.8. The minimum atomic E-state index is -0.659. The molecule has 0 amide bonds. The van der Waals surface area contributed by atoms with Gasteiger partial charge in [-0.2, -0.15) is 0 Å². The monoisotopic (exact) mass is 286 g/mol. The molecule has 0 aromatic heterocycles. The maximum Gasteiger partial charge on any atom is 0.508 e. The van der Waals surface area contributed by atoms with E-state index < -0.39 is 11.8 Å². The molecular formula is C13H18O7. The highest BCUT2D eigenvalue weighted by Crippen LogP contribution is 2.47. The molecule has 4 fully saturated rings. The molecule has 5 unspecified atom stereocenters. The number of carbonyl (C=O) groups excluding carboxylic acids is 1. The molecule has 112 valence electrons. The molecule has 0 bridgehead atoms. The minimum Gasteiger partial charge on any atom is -0.431 e.